The third-order valence-electron chi connectivity index (χ3n) is 5.09. The van der Waals surface area contributed by atoms with E-state index < -0.39 is 0 Å². The van der Waals surface area contributed by atoms with Gasteiger partial charge in [0.05, 0.1) is 6.61 Å². The van der Waals surface area contributed by atoms with E-state index in [1.807, 2.05) is 43.3 Å². The molecule has 6 heteroatoms. The molecule has 0 aliphatic carbocycles. The number of benzene rings is 3. The molecular weight excluding hydrogens is 508 g/mol. The second kappa shape index (κ2) is 9.33. The summed E-state index contributed by atoms with van der Waals surface area (Å²) in [6.45, 7) is 2.41. The fraction of sp³-hybridized carbons (Fsp3) is 0.208. The van der Waals surface area contributed by atoms with Crippen LogP contribution in [0.1, 0.15) is 42.2 Å². The van der Waals surface area contributed by atoms with Crippen molar-refractivity contribution in [2.24, 2.45) is 4.99 Å². The third kappa shape index (κ3) is 4.61. The number of nitrogens with zero attached hydrogens (tertiary/aromatic N) is 1. The van der Waals surface area contributed by atoms with Gasteiger partial charge < -0.3 is 9.84 Å². The first-order chi connectivity index (χ1) is 14.5. The molecule has 0 amide bonds. The average Bonchev–Trinajstić information content (AvgIpc) is 2.75. The first-order valence-electron chi connectivity index (χ1n) is 9.84. The highest BCUT2D eigenvalue weighted by Crippen LogP contribution is 2.39. The Bertz CT molecular complexity index is 1070. The van der Waals surface area contributed by atoms with Crippen LogP contribution in [-0.2, 0) is 0 Å². The van der Waals surface area contributed by atoms with Gasteiger partial charge in [0.1, 0.15) is 6.17 Å². The molecule has 0 fully saturated rings. The molecule has 0 saturated carbocycles. The number of phenolic OH excluding ortho intramolecular Hbond substituents is 1. The molecule has 1 heterocycles. The number of aliphatic imine (C=N–C) groups is 1. The van der Waals surface area contributed by atoms with Crippen LogP contribution in [0.25, 0.3) is 0 Å². The van der Waals surface area contributed by atoms with Gasteiger partial charge in [0.25, 0.3) is 0 Å². The van der Waals surface area contributed by atoms with E-state index >= 15 is 0 Å². The van der Waals surface area contributed by atoms with Crippen LogP contribution in [0, 0.1) is 0 Å². The smallest absolute Gasteiger partial charge is 0.162 e. The highest BCUT2D eigenvalue weighted by atomic mass is 79.9. The van der Waals surface area contributed by atoms with E-state index in [2.05, 4.69) is 61.4 Å². The van der Waals surface area contributed by atoms with E-state index in [1.165, 1.54) is 0 Å². The highest BCUT2D eigenvalue weighted by Gasteiger charge is 2.28. The van der Waals surface area contributed by atoms with Crippen molar-refractivity contribution in [2.75, 3.05) is 6.61 Å². The van der Waals surface area contributed by atoms with Crippen LogP contribution in [0.2, 0.25) is 0 Å². The maximum atomic E-state index is 10.8. The molecule has 0 bridgehead atoms. The first-order valence-corrected chi connectivity index (χ1v) is 11.4. The van der Waals surface area contributed by atoms with Crippen LogP contribution >= 0.6 is 31.9 Å². The molecule has 4 rings (SSSR count). The monoisotopic (exact) mass is 528 g/mol. The van der Waals surface area contributed by atoms with Crippen LogP contribution < -0.4 is 10.1 Å². The minimum Gasteiger partial charge on any atom is -0.504 e. The van der Waals surface area contributed by atoms with Crippen molar-refractivity contribution in [3.8, 4) is 11.5 Å². The zero-order chi connectivity index (χ0) is 21.1. The van der Waals surface area contributed by atoms with Crippen LogP contribution in [-0.4, -0.2) is 17.4 Å². The molecule has 154 valence electrons. The minimum absolute atomic E-state index is 0.106. The summed E-state index contributed by atoms with van der Waals surface area (Å²) in [5, 5.41) is 14.4. The molecule has 2 N–H and O–H groups in total. The maximum absolute atomic E-state index is 10.8. The van der Waals surface area contributed by atoms with Crippen molar-refractivity contribution >= 4 is 37.6 Å². The summed E-state index contributed by atoms with van der Waals surface area (Å²) in [5.74, 6) is 0.686. The Morgan fingerprint density at radius 2 is 1.80 bits per heavy atom. The van der Waals surface area contributed by atoms with E-state index in [0.29, 0.717) is 18.8 Å². The summed E-state index contributed by atoms with van der Waals surface area (Å²) in [7, 11) is 0. The Morgan fingerprint density at radius 1 is 1.03 bits per heavy atom. The summed E-state index contributed by atoms with van der Waals surface area (Å²) in [5.41, 5.74) is 3.94. The highest BCUT2D eigenvalue weighted by molar-refractivity contribution is 9.10. The summed E-state index contributed by atoms with van der Waals surface area (Å²) in [6, 6.07) is 21.9. The zero-order valence-corrected chi connectivity index (χ0v) is 19.7. The van der Waals surface area contributed by atoms with Crippen molar-refractivity contribution in [3.63, 3.8) is 0 Å². The number of nitrogens with one attached hydrogen (secondary N) is 1. The number of ether oxygens (including phenoxy) is 1. The van der Waals surface area contributed by atoms with E-state index in [1.54, 1.807) is 6.07 Å². The molecule has 0 unspecified atom stereocenters. The lowest BCUT2D eigenvalue weighted by atomic mass is 9.93. The SMILES string of the molecule is CCOc1cccc([C@@H]2CC(c3cccc(Br)c3)=N[C@@H](c3ccc(Br)cc3)N2)c1O. The lowest BCUT2D eigenvalue weighted by molar-refractivity contribution is 0.313. The fourth-order valence-corrected chi connectivity index (χ4v) is 4.32. The number of hydrogen-bond acceptors (Lipinski definition) is 4. The van der Waals surface area contributed by atoms with Crippen LogP contribution in [0.4, 0.5) is 0 Å². The number of para-hydroxylation sites is 1. The lowest BCUT2D eigenvalue weighted by Crippen LogP contribution is -2.33. The minimum atomic E-state index is -0.221. The molecular formula is C24H22Br2N2O2. The van der Waals surface area contributed by atoms with Gasteiger partial charge >= 0.3 is 0 Å². The molecule has 3 aromatic carbocycles. The van der Waals surface area contributed by atoms with Crippen LogP contribution in [0.15, 0.2) is 80.7 Å². The average molecular weight is 530 g/mol. The molecule has 0 spiro atoms. The van der Waals surface area contributed by atoms with Gasteiger partial charge in [0, 0.05) is 32.7 Å². The van der Waals surface area contributed by atoms with Crippen LogP contribution in [0.5, 0.6) is 11.5 Å². The van der Waals surface area contributed by atoms with E-state index in [0.717, 1.165) is 31.3 Å². The molecule has 2 atom stereocenters. The molecule has 4 nitrogen and oxygen atoms in total. The van der Waals surface area contributed by atoms with Gasteiger partial charge in [-0.15, -0.1) is 0 Å². The fourth-order valence-electron chi connectivity index (χ4n) is 3.66. The standard InChI is InChI=1S/C24H22Br2N2O2/c1-2-30-22-8-4-7-19(23(22)29)21-14-20(16-5-3-6-18(26)13-16)27-24(28-21)15-9-11-17(25)12-10-15/h3-13,21,24,28-29H,2,14H2,1H3/t21-,24+/m0/s1. The predicted octanol–water partition coefficient (Wildman–Crippen LogP) is 6.54. The molecule has 0 saturated heterocycles. The summed E-state index contributed by atoms with van der Waals surface area (Å²) < 4.78 is 7.64. The Hall–Kier alpha value is -2.15. The molecule has 0 radical (unpaired) electrons. The Morgan fingerprint density at radius 3 is 2.53 bits per heavy atom. The van der Waals surface area contributed by atoms with E-state index in [4.69, 9.17) is 9.73 Å². The normalized spacial score (nSPS) is 18.7. The van der Waals surface area contributed by atoms with Crippen molar-refractivity contribution in [3.05, 3.63) is 92.4 Å². The van der Waals surface area contributed by atoms with Gasteiger partial charge in [-0.1, -0.05) is 68.3 Å². The van der Waals surface area contributed by atoms with E-state index in [9.17, 15) is 5.11 Å². The Kier molecular flexibility index (Phi) is 6.56. The molecule has 30 heavy (non-hydrogen) atoms. The number of phenols is 1. The summed E-state index contributed by atoms with van der Waals surface area (Å²) in [6.07, 6.45) is 0.438. The number of aromatic hydroxyl groups is 1. The van der Waals surface area contributed by atoms with Gasteiger partial charge in [0.15, 0.2) is 11.5 Å². The molecule has 0 aromatic heterocycles. The zero-order valence-electron chi connectivity index (χ0n) is 16.5. The largest absolute Gasteiger partial charge is 0.504 e. The first kappa shape index (κ1) is 21.1. The third-order valence-corrected chi connectivity index (χ3v) is 6.11. The van der Waals surface area contributed by atoms with Gasteiger partial charge in [0.2, 0.25) is 0 Å². The van der Waals surface area contributed by atoms with Crippen molar-refractivity contribution in [1.82, 2.24) is 5.32 Å². The van der Waals surface area contributed by atoms with Gasteiger partial charge in [-0.05, 0) is 48.4 Å². The maximum Gasteiger partial charge on any atom is 0.162 e. The Balaban J connectivity index is 1.75. The number of rotatable bonds is 5. The van der Waals surface area contributed by atoms with Crippen molar-refractivity contribution < 1.29 is 9.84 Å². The second-order valence-corrected chi connectivity index (χ2v) is 8.92. The van der Waals surface area contributed by atoms with Gasteiger partial charge in [-0.2, -0.15) is 0 Å². The summed E-state index contributed by atoms with van der Waals surface area (Å²) in [4.78, 5) is 5.01. The lowest BCUT2D eigenvalue weighted by Gasteiger charge is -2.31. The van der Waals surface area contributed by atoms with Gasteiger partial charge in [-0.25, -0.2) is 0 Å². The quantitative estimate of drug-likeness (QED) is 0.394. The molecule has 3 aromatic rings. The van der Waals surface area contributed by atoms with Crippen molar-refractivity contribution in [2.45, 2.75) is 25.6 Å². The molecule has 1 aliphatic heterocycles. The van der Waals surface area contributed by atoms with Crippen molar-refractivity contribution in [1.29, 1.82) is 0 Å². The molecule has 1 aliphatic rings. The van der Waals surface area contributed by atoms with Gasteiger partial charge in [-0.3, -0.25) is 10.3 Å². The number of hydrogen-bond donors (Lipinski definition) is 2. The number of halogens is 2. The summed E-state index contributed by atoms with van der Waals surface area (Å²) >= 11 is 7.06. The Labute approximate surface area is 193 Å². The predicted molar refractivity (Wildman–Crippen MR) is 127 cm³/mol. The second-order valence-electron chi connectivity index (χ2n) is 7.09. The topological polar surface area (TPSA) is 53.8 Å². The van der Waals surface area contributed by atoms with E-state index in [-0.39, 0.29) is 18.0 Å². The van der Waals surface area contributed by atoms with Crippen LogP contribution in [0.3, 0.4) is 0 Å².